The Morgan fingerprint density at radius 2 is 1.55 bits per heavy atom. The van der Waals surface area contributed by atoms with Crippen molar-refractivity contribution in [1.82, 2.24) is 5.32 Å². The largest absolute Gasteiger partial charge is 0.346 e. The molecule has 4 heteroatoms. The van der Waals surface area contributed by atoms with E-state index in [1.165, 1.54) is 12.5 Å². The number of carbonyl (C=O) groups excluding carboxylic acids is 2. The summed E-state index contributed by atoms with van der Waals surface area (Å²) in [6.07, 6.45) is 0. The van der Waals surface area contributed by atoms with Gasteiger partial charge in [0.15, 0.2) is 0 Å². The number of anilines is 1. The molecule has 0 saturated heterocycles. The van der Waals surface area contributed by atoms with E-state index in [1.807, 2.05) is 38.1 Å². The summed E-state index contributed by atoms with van der Waals surface area (Å²) >= 11 is 0. The fourth-order valence-electron chi connectivity index (χ4n) is 2.13. The van der Waals surface area contributed by atoms with Gasteiger partial charge in [0.05, 0.1) is 6.04 Å². The van der Waals surface area contributed by atoms with E-state index in [0.717, 1.165) is 5.56 Å². The van der Waals surface area contributed by atoms with Crippen molar-refractivity contribution in [3.63, 3.8) is 0 Å². The van der Waals surface area contributed by atoms with Crippen LogP contribution in [0.2, 0.25) is 0 Å². The Hall–Kier alpha value is -2.62. The first-order valence-corrected chi connectivity index (χ1v) is 7.21. The van der Waals surface area contributed by atoms with Crippen molar-refractivity contribution in [2.75, 3.05) is 5.32 Å². The molecule has 2 aromatic carbocycles. The zero-order valence-electron chi connectivity index (χ0n) is 13.0. The Balaban J connectivity index is 2.02. The normalized spacial score (nSPS) is 11.6. The van der Waals surface area contributed by atoms with Crippen LogP contribution in [0.5, 0.6) is 0 Å². The quantitative estimate of drug-likeness (QED) is 0.908. The lowest BCUT2D eigenvalue weighted by Gasteiger charge is -2.15. The maximum atomic E-state index is 12.2. The summed E-state index contributed by atoms with van der Waals surface area (Å²) in [5.74, 6) is -0.271. The number of nitrogens with one attached hydrogen (secondary N) is 2. The highest BCUT2D eigenvalue weighted by atomic mass is 16.2. The smallest absolute Gasteiger partial charge is 0.251 e. The minimum Gasteiger partial charge on any atom is -0.346 e. The van der Waals surface area contributed by atoms with Crippen molar-refractivity contribution in [2.45, 2.75) is 26.8 Å². The van der Waals surface area contributed by atoms with E-state index in [2.05, 4.69) is 10.6 Å². The van der Waals surface area contributed by atoms with Crippen molar-refractivity contribution >= 4 is 17.5 Å². The maximum Gasteiger partial charge on any atom is 0.251 e. The highest BCUT2D eigenvalue weighted by Crippen LogP contribution is 2.15. The predicted molar refractivity (Wildman–Crippen MR) is 87.8 cm³/mol. The fourth-order valence-corrected chi connectivity index (χ4v) is 2.13. The van der Waals surface area contributed by atoms with Crippen molar-refractivity contribution < 1.29 is 9.59 Å². The van der Waals surface area contributed by atoms with E-state index < -0.39 is 0 Å². The third-order valence-electron chi connectivity index (χ3n) is 3.39. The van der Waals surface area contributed by atoms with Gasteiger partial charge in [-0.15, -0.1) is 0 Å². The number of amides is 2. The summed E-state index contributed by atoms with van der Waals surface area (Å²) < 4.78 is 0. The first kappa shape index (κ1) is 15.8. The third-order valence-corrected chi connectivity index (χ3v) is 3.39. The lowest BCUT2D eigenvalue weighted by atomic mass is 10.1. The topological polar surface area (TPSA) is 58.2 Å². The summed E-state index contributed by atoms with van der Waals surface area (Å²) in [6.45, 7) is 5.43. The number of benzene rings is 2. The Morgan fingerprint density at radius 3 is 2.09 bits per heavy atom. The second-order valence-electron chi connectivity index (χ2n) is 5.36. The summed E-state index contributed by atoms with van der Waals surface area (Å²) in [6, 6.07) is 14.8. The zero-order chi connectivity index (χ0) is 16.1. The average molecular weight is 296 g/mol. The van der Waals surface area contributed by atoms with Crippen molar-refractivity contribution in [2.24, 2.45) is 0 Å². The van der Waals surface area contributed by atoms with Crippen LogP contribution in [0.3, 0.4) is 0 Å². The average Bonchev–Trinajstić information content (AvgIpc) is 2.48. The van der Waals surface area contributed by atoms with Crippen molar-refractivity contribution in [3.05, 3.63) is 65.2 Å². The molecule has 2 aromatic rings. The highest BCUT2D eigenvalue weighted by Gasteiger charge is 2.11. The maximum absolute atomic E-state index is 12.2. The molecule has 0 saturated carbocycles. The van der Waals surface area contributed by atoms with Gasteiger partial charge in [-0.2, -0.15) is 0 Å². The van der Waals surface area contributed by atoms with Gasteiger partial charge in [0.1, 0.15) is 0 Å². The Labute approximate surface area is 130 Å². The van der Waals surface area contributed by atoms with Crippen LogP contribution in [-0.4, -0.2) is 11.8 Å². The van der Waals surface area contributed by atoms with Crippen LogP contribution < -0.4 is 10.6 Å². The standard InChI is InChI=1S/C18H20N2O2/c1-12-4-6-15(7-5-12)13(2)19-18(22)16-8-10-17(11-9-16)20-14(3)21/h4-11,13H,1-3H3,(H,19,22)(H,20,21). The number of hydrogen-bond acceptors (Lipinski definition) is 2. The van der Waals surface area contributed by atoms with Crippen LogP contribution in [0.4, 0.5) is 5.69 Å². The lowest BCUT2D eigenvalue weighted by molar-refractivity contribution is -0.114. The van der Waals surface area contributed by atoms with Gasteiger partial charge in [-0.25, -0.2) is 0 Å². The summed E-state index contributed by atoms with van der Waals surface area (Å²) in [4.78, 5) is 23.2. The molecule has 114 valence electrons. The van der Waals surface area contributed by atoms with E-state index in [9.17, 15) is 9.59 Å². The van der Waals surface area contributed by atoms with Crippen LogP contribution in [-0.2, 0) is 4.79 Å². The molecule has 2 amide bonds. The zero-order valence-corrected chi connectivity index (χ0v) is 13.0. The van der Waals surface area contributed by atoms with E-state index in [0.29, 0.717) is 11.3 Å². The summed E-state index contributed by atoms with van der Waals surface area (Å²) in [5, 5.41) is 5.64. The molecular formula is C18H20N2O2. The van der Waals surface area contributed by atoms with E-state index in [1.54, 1.807) is 24.3 Å². The second kappa shape index (κ2) is 6.89. The summed E-state index contributed by atoms with van der Waals surface area (Å²) in [7, 11) is 0. The number of carbonyl (C=O) groups is 2. The van der Waals surface area contributed by atoms with E-state index in [4.69, 9.17) is 0 Å². The molecule has 0 aliphatic carbocycles. The fraction of sp³-hybridized carbons (Fsp3) is 0.222. The first-order chi connectivity index (χ1) is 10.5. The van der Waals surface area contributed by atoms with Crippen LogP contribution >= 0.6 is 0 Å². The molecule has 2 N–H and O–H groups in total. The van der Waals surface area contributed by atoms with Gasteiger partial charge in [0.2, 0.25) is 5.91 Å². The molecule has 0 heterocycles. The van der Waals surface area contributed by atoms with E-state index in [-0.39, 0.29) is 17.9 Å². The molecule has 2 rings (SSSR count). The van der Waals surface area contributed by atoms with Crippen LogP contribution in [0, 0.1) is 6.92 Å². The molecule has 1 unspecified atom stereocenters. The lowest BCUT2D eigenvalue weighted by Crippen LogP contribution is -2.26. The molecule has 0 radical (unpaired) electrons. The molecule has 4 nitrogen and oxygen atoms in total. The Morgan fingerprint density at radius 1 is 0.955 bits per heavy atom. The third kappa shape index (κ3) is 4.19. The van der Waals surface area contributed by atoms with Crippen molar-refractivity contribution in [3.8, 4) is 0 Å². The number of aryl methyl sites for hydroxylation is 1. The van der Waals surface area contributed by atoms with Gasteiger partial charge in [-0.3, -0.25) is 9.59 Å². The molecule has 1 atom stereocenters. The number of rotatable bonds is 4. The SMILES string of the molecule is CC(=O)Nc1ccc(C(=O)NC(C)c2ccc(C)cc2)cc1. The molecule has 0 fully saturated rings. The van der Waals surface area contributed by atoms with Gasteiger partial charge in [0, 0.05) is 18.2 Å². The van der Waals surface area contributed by atoms with Crippen LogP contribution in [0.15, 0.2) is 48.5 Å². The van der Waals surface area contributed by atoms with E-state index >= 15 is 0 Å². The van der Waals surface area contributed by atoms with Gasteiger partial charge in [-0.05, 0) is 43.7 Å². The molecule has 0 bridgehead atoms. The summed E-state index contributed by atoms with van der Waals surface area (Å²) in [5.41, 5.74) is 3.49. The van der Waals surface area contributed by atoms with Crippen LogP contribution in [0.1, 0.15) is 41.4 Å². The highest BCUT2D eigenvalue weighted by molar-refractivity contribution is 5.95. The monoisotopic (exact) mass is 296 g/mol. The minimum atomic E-state index is -0.137. The first-order valence-electron chi connectivity index (χ1n) is 7.21. The Kier molecular flexibility index (Phi) is 4.94. The molecule has 0 spiro atoms. The molecule has 0 aromatic heterocycles. The minimum absolute atomic E-state index is 0.0666. The van der Waals surface area contributed by atoms with Gasteiger partial charge < -0.3 is 10.6 Å². The van der Waals surface area contributed by atoms with Gasteiger partial charge in [0.25, 0.3) is 5.91 Å². The van der Waals surface area contributed by atoms with Crippen LogP contribution in [0.25, 0.3) is 0 Å². The molecule has 0 aliphatic heterocycles. The van der Waals surface area contributed by atoms with Crippen molar-refractivity contribution in [1.29, 1.82) is 0 Å². The van der Waals surface area contributed by atoms with Gasteiger partial charge in [-0.1, -0.05) is 29.8 Å². The van der Waals surface area contributed by atoms with Gasteiger partial charge >= 0.3 is 0 Å². The molecule has 0 aliphatic rings. The number of hydrogen-bond donors (Lipinski definition) is 2. The Bertz CT molecular complexity index is 660. The predicted octanol–water partition coefficient (Wildman–Crippen LogP) is 3.44. The molecule has 22 heavy (non-hydrogen) atoms. The second-order valence-corrected chi connectivity index (χ2v) is 5.36. The molecular weight excluding hydrogens is 276 g/mol.